The van der Waals surface area contributed by atoms with E-state index in [4.69, 9.17) is 5.11 Å². The number of nitrogens with one attached hydrogen (secondary N) is 1. The Morgan fingerprint density at radius 1 is 1.06 bits per heavy atom. The summed E-state index contributed by atoms with van der Waals surface area (Å²) in [5.74, 6) is 0.714. The number of nitrogens with zero attached hydrogens (tertiary/aromatic N) is 1. The van der Waals surface area contributed by atoms with Gasteiger partial charge in [-0.2, -0.15) is 0 Å². The van der Waals surface area contributed by atoms with Crippen LogP contribution in [0.2, 0.25) is 0 Å². The molecule has 17 heavy (non-hydrogen) atoms. The Hall–Kier alpha value is -0.120. The normalized spacial score (nSPS) is 35.8. The summed E-state index contributed by atoms with van der Waals surface area (Å²) < 4.78 is 0. The van der Waals surface area contributed by atoms with Crippen molar-refractivity contribution in [1.29, 1.82) is 0 Å². The highest BCUT2D eigenvalue weighted by Gasteiger charge is 2.35. The molecule has 0 bridgehead atoms. The zero-order valence-corrected chi connectivity index (χ0v) is 10.8. The topological polar surface area (TPSA) is 35.5 Å². The first kappa shape index (κ1) is 11.9. The van der Waals surface area contributed by atoms with Crippen molar-refractivity contribution in [3.05, 3.63) is 0 Å². The van der Waals surface area contributed by atoms with Gasteiger partial charge in [-0.3, -0.25) is 4.90 Å². The molecule has 0 aromatic carbocycles. The third-order valence-electron chi connectivity index (χ3n) is 4.74. The Balaban J connectivity index is 1.55. The minimum atomic E-state index is 0.360. The van der Waals surface area contributed by atoms with Crippen molar-refractivity contribution < 1.29 is 5.11 Å². The van der Waals surface area contributed by atoms with E-state index in [-0.39, 0.29) is 0 Å². The van der Waals surface area contributed by atoms with Crippen LogP contribution < -0.4 is 5.32 Å². The van der Waals surface area contributed by atoms with Gasteiger partial charge in [0.15, 0.2) is 0 Å². The van der Waals surface area contributed by atoms with E-state index in [0.717, 1.165) is 18.5 Å². The second-order valence-electron chi connectivity index (χ2n) is 6.29. The van der Waals surface area contributed by atoms with Crippen molar-refractivity contribution in [3.63, 3.8) is 0 Å². The maximum Gasteiger partial charge on any atom is 0.0434 e. The molecule has 0 aromatic heterocycles. The second kappa shape index (κ2) is 5.25. The van der Waals surface area contributed by atoms with Crippen LogP contribution in [0.1, 0.15) is 44.9 Å². The summed E-state index contributed by atoms with van der Waals surface area (Å²) in [6.07, 6.45) is 9.26. The molecule has 0 spiro atoms. The van der Waals surface area contributed by atoms with Crippen molar-refractivity contribution in [2.75, 3.05) is 19.7 Å². The van der Waals surface area contributed by atoms with Gasteiger partial charge in [-0.05, 0) is 44.4 Å². The maximum absolute atomic E-state index is 9.16. The summed E-state index contributed by atoms with van der Waals surface area (Å²) in [5.41, 5.74) is 0. The zero-order valence-electron chi connectivity index (χ0n) is 10.8. The third kappa shape index (κ3) is 3.01. The van der Waals surface area contributed by atoms with Crippen molar-refractivity contribution >= 4 is 0 Å². The lowest BCUT2D eigenvalue weighted by molar-refractivity contribution is 0.0504. The van der Waals surface area contributed by atoms with Crippen LogP contribution in [0.5, 0.6) is 0 Å². The van der Waals surface area contributed by atoms with Crippen LogP contribution in [0.15, 0.2) is 0 Å². The van der Waals surface area contributed by atoms with Crippen LogP contribution in [0, 0.1) is 5.92 Å². The zero-order chi connectivity index (χ0) is 11.7. The molecule has 3 rings (SSSR count). The minimum absolute atomic E-state index is 0.360. The molecule has 0 amide bonds. The van der Waals surface area contributed by atoms with Gasteiger partial charge in [0, 0.05) is 37.8 Å². The Morgan fingerprint density at radius 3 is 2.47 bits per heavy atom. The van der Waals surface area contributed by atoms with Gasteiger partial charge >= 0.3 is 0 Å². The van der Waals surface area contributed by atoms with E-state index in [1.54, 1.807) is 0 Å². The summed E-state index contributed by atoms with van der Waals surface area (Å²) in [5, 5.41) is 12.9. The molecule has 1 heterocycles. The van der Waals surface area contributed by atoms with Crippen LogP contribution in [0.3, 0.4) is 0 Å². The van der Waals surface area contributed by atoms with Crippen molar-refractivity contribution in [2.24, 2.45) is 5.92 Å². The van der Waals surface area contributed by atoms with Gasteiger partial charge in [0.1, 0.15) is 0 Å². The Morgan fingerprint density at radius 2 is 1.88 bits per heavy atom. The molecule has 2 unspecified atom stereocenters. The van der Waals surface area contributed by atoms with E-state index in [9.17, 15) is 0 Å². The van der Waals surface area contributed by atoms with Gasteiger partial charge in [-0.15, -0.1) is 0 Å². The maximum atomic E-state index is 9.16. The minimum Gasteiger partial charge on any atom is -0.396 e. The van der Waals surface area contributed by atoms with Crippen molar-refractivity contribution in [3.8, 4) is 0 Å². The van der Waals surface area contributed by atoms with Gasteiger partial charge in [0.2, 0.25) is 0 Å². The fraction of sp³-hybridized carbons (Fsp3) is 1.00. The van der Waals surface area contributed by atoms with Crippen LogP contribution in [0.25, 0.3) is 0 Å². The molecule has 2 saturated carbocycles. The van der Waals surface area contributed by atoms with E-state index >= 15 is 0 Å². The molecule has 1 saturated heterocycles. The van der Waals surface area contributed by atoms with Gasteiger partial charge in [0.05, 0.1) is 0 Å². The lowest BCUT2D eigenvalue weighted by Gasteiger charge is -2.45. The molecule has 3 nitrogen and oxygen atoms in total. The summed E-state index contributed by atoms with van der Waals surface area (Å²) in [6, 6.07) is 2.37. The first-order valence-corrected chi connectivity index (χ1v) is 7.46. The third-order valence-corrected chi connectivity index (χ3v) is 4.74. The molecule has 2 atom stereocenters. The number of aliphatic hydroxyl groups is 1. The average Bonchev–Trinajstić information content (AvgIpc) is 2.99. The highest BCUT2D eigenvalue weighted by atomic mass is 16.3. The largest absolute Gasteiger partial charge is 0.396 e. The highest BCUT2D eigenvalue weighted by molar-refractivity contribution is 4.93. The van der Waals surface area contributed by atoms with Crippen LogP contribution in [0.4, 0.5) is 0 Å². The Kier molecular flexibility index (Phi) is 3.69. The Bertz CT molecular complexity index is 251. The summed E-state index contributed by atoms with van der Waals surface area (Å²) in [7, 11) is 0. The van der Waals surface area contributed by atoms with E-state index in [2.05, 4.69) is 10.2 Å². The SMILES string of the molecule is OCCC1CC(NC2CC2)CN(C2CCC2)C1. The van der Waals surface area contributed by atoms with E-state index in [0.29, 0.717) is 18.6 Å². The predicted molar refractivity (Wildman–Crippen MR) is 69.0 cm³/mol. The number of hydrogen-bond donors (Lipinski definition) is 2. The quantitative estimate of drug-likeness (QED) is 0.759. The lowest BCUT2D eigenvalue weighted by Crippen LogP contribution is -2.54. The number of piperidine rings is 1. The second-order valence-corrected chi connectivity index (χ2v) is 6.29. The van der Waals surface area contributed by atoms with E-state index < -0.39 is 0 Å². The van der Waals surface area contributed by atoms with Gasteiger partial charge in [-0.1, -0.05) is 6.42 Å². The molecule has 0 radical (unpaired) electrons. The molecule has 3 heteroatoms. The monoisotopic (exact) mass is 238 g/mol. The Labute approximate surface area is 105 Å². The predicted octanol–water partition coefficient (Wildman–Crippen LogP) is 1.36. The molecule has 2 N–H and O–H groups in total. The number of hydrogen-bond acceptors (Lipinski definition) is 3. The van der Waals surface area contributed by atoms with Crippen molar-refractivity contribution in [2.45, 2.75) is 63.1 Å². The molecule has 0 aromatic rings. The van der Waals surface area contributed by atoms with E-state index in [1.807, 2.05) is 0 Å². The molecular weight excluding hydrogens is 212 g/mol. The lowest BCUT2D eigenvalue weighted by atomic mass is 9.85. The molecular formula is C14H26N2O. The number of likely N-dealkylation sites (tertiary alicyclic amines) is 1. The molecule has 2 aliphatic carbocycles. The average molecular weight is 238 g/mol. The van der Waals surface area contributed by atoms with Crippen LogP contribution in [-0.4, -0.2) is 47.8 Å². The molecule has 98 valence electrons. The van der Waals surface area contributed by atoms with Gasteiger partial charge in [0.25, 0.3) is 0 Å². The number of aliphatic hydroxyl groups excluding tert-OH is 1. The van der Waals surface area contributed by atoms with Gasteiger partial charge < -0.3 is 10.4 Å². The summed E-state index contributed by atoms with van der Waals surface area (Å²) in [4.78, 5) is 2.70. The van der Waals surface area contributed by atoms with Gasteiger partial charge in [-0.25, -0.2) is 0 Å². The summed E-state index contributed by atoms with van der Waals surface area (Å²) >= 11 is 0. The molecule has 3 fully saturated rings. The fourth-order valence-corrected chi connectivity index (χ4v) is 3.39. The van der Waals surface area contributed by atoms with Crippen LogP contribution >= 0.6 is 0 Å². The number of rotatable bonds is 5. The first-order chi connectivity index (χ1) is 8.35. The molecule has 3 aliphatic rings. The van der Waals surface area contributed by atoms with E-state index in [1.165, 1.54) is 51.6 Å². The first-order valence-electron chi connectivity index (χ1n) is 7.46. The van der Waals surface area contributed by atoms with Crippen LogP contribution in [-0.2, 0) is 0 Å². The smallest absolute Gasteiger partial charge is 0.0434 e. The standard InChI is InChI=1S/C14H26N2O/c17-7-6-11-8-13(15-12-4-5-12)10-16(9-11)14-2-1-3-14/h11-15,17H,1-10H2. The fourth-order valence-electron chi connectivity index (χ4n) is 3.39. The van der Waals surface area contributed by atoms with Crippen molar-refractivity contribution in [1.82, 2.24) is 10.2 Å². The summed E-state index contributed by atoms with van der Waals surface area (Å²) in [6.45, 7) is 2.84. The highest BCUT2D eigenvalue weighted by Crippen LogP contribution is 2.31. The molecule has 1 aliphatic heterocycles.